The van der Waals surface area contributed by atoms with Crippen LogP contribution in [0, 0.1) is 3.57 Å². The highest BCUT2D eigenvalue weighted by Gasteiger charge is 2.04. The molecule has 0 N–H and O–H groups in total. The average Bonchev–Trinajstić information content (AvgIpc) is 2.19. The molecule has 0 amide bonds. The maximum absolute atomic E-state index is 10.5. The summed E-state index contributed by atoms with van der Waals surface area (Å²) in [5.41, 5.74) is 0. The third-order valence-corrected chi connectivity index (χ3v) is 3.29. The lowest BCUT2D eigenvalue weighted by molar-refractivity contribution is 0.513. The number of hydrogen-bond acceptors (Lipinski definition) is 3. The van der Waals surface area contributed by atoms with Crippen molar-refractivity contribution in [1.82, 2.24) is 0 Å². The Bertz CT molecular complexity index is 570. The first kappa shape index (κ1) is 10.7. The monoisotopic (exact) mass is 334 g/mol. The van der Waals surface area contributed by atoms with Gasteiger partial charge in [-0.05, 0) is 40.1 Å². The predicted octanol–water partition coefficient (Wildman–Crippen LogP) is 2.35. The minimum atomic E-state index is -2.86. The second kappa shape index (κ2) is 4.36. The molecular weight excluding hydrogens is 327 g/mol. The van der Waals surface area contributed by atoms with E-state index in [1.54, 1.807) is 12.1 Å². The van der Waals surface area contributed by atoms with Crippen LogP contribution in [0.15, 0.2) is 36.4 Å². The molecule has 5 heteroatoms. The van der Waals surface area contributed by atoms with Gasteiger partial charge in [0, 0.05) is 8.96 Å². The maximum Gasteiger partial charge on any atom is 0.299 e. The molecule has 78 valence electrons. The van der Waals surface area contributed by atoms with Crippen molar-refractivity contribution in [3.63, 3.8) is 0 Å². The number of halogens is 1. The molecule has 0 heterocycles. The van der Waals surface area contributed by atoms with E-state index < -0.39 is 11.0 Å². The van der Waals surface area contributed by atoms with E-state index in [1.807, 2.05) is 24.3 Å². The van der Waals surface area contributed by atoms with Crippen molar-refractivity contribution in [3.05, 3.63) is 40.0 Å². The van der Waals surface area contributed by atoms with Gasteiger partial charge in [0.15, 0.2) is 0 Å². The van der Waals surface area contributed by atoms with Crippen molar-refractivity contribution in [1.29, 1.82) is 0 Å². The standard InChI is InChI=1S/C10H7IO3S/c11-9-5-1-4-8-7(9)3-2-6-10(8)14-15(12)13/h1-6,15H. The number of thiol groups is 1. The normalized spacial score (nSPS) is 10.8. The number of rotatable bonds is 2. The number of fused-ring (bicyclic) bond motifs is 1. The van der Waals surface area contributed by atoms with Crippen LogP contribution in [-0.4, -0.2) is 8.42 Å². The fourth-order valence-corrected chi connectivity index (χ4v) is 2.40. The topological polar surface area (TPSA) is 43.4 Å². The molecule has 0 radical (unpaired) electrons. The Morgan fingerprint density at radius 2 is 1.67 bits per heavy atom. The zero-order valence-electron chi connectivity index (χ0n) is 7.51. The van der Waals surface area contributed by atoms with E-state index in [2.05, 4.69) is 22.6 Å². The van der Waals surface area contributed by atoms with E-state index in [4.69, 9.17) is 4.18 Å². The van der Waals surface area contributed by atoms with Crippen LogP contribution in [0.1, 0.15) is 0 Å². The van der Waals surface area contributed by atoms with E-state index in [1.165, 1.54) is 0 Å². The Morgan fingerprint density at radius 1 is 1.00 bits per heavy atom. The van der Waals surface area contributed by atoms with Crippen LogP contribution in [-0.2, 0) is 11.0 Å². The molecular formula is C10H7IO3S. The Morgan fingerprint density at radius 3 is 2.40 bits per heavy atom. The molecule has 0 aromatic heterocycles. The van der Waals surface area contributed by atoms with Crippen LogP contribution in [0.5, 0.6) is 5.75 Å². The first-order valence-electron chi connectivity index (χ1n) is 4.18. The molecule has 0 fully saturated rings. The summed E-state index contributed by atoms with van der Waals surface area (Å²) in [6.07, 6.45) is 0. The lowest BCUT2D eigenvalue weighted by atomic mass is 10.1. The molecule has 0 spiro atoms. The van der Waals surface area contributed by atoms with Crippen molar-refractivity contribution in [2.75, 3.05) is 0 Å². The zero-order valence-corrected chi connectivity index (χ0v) is 10.6. The average molecular weight is 334 g/mol. The van der Waals surface area contributed by atoms with Crippen LogP contribution in [0.3, 0.4) is 0 Å². The molecule has 0 saturated carbocycles. The summed E-state index contributed by atoms with van der Waals surface area (Å²) < 4.78 is 26.8. The number of hydrogen-bond donors (Lipinski definition) is 1. The second-order valence-corrected chi connectivity index (χ2v) is 4.70. The van der Waals surface area contributed by atoms with Crippen LogP contribution < -0.4 is 4.18 Å². The molecule has 2 aromatic rings. The van der Waals surface area contributed by atoms with Gasteiger partial charge in [-0.2, -0.15) is 8.42 Å². The van der Waals surface area contributed by atoms with Gasteiger partial charge in [-0.15, -0.1) is 0 Å². The zero-order chi connectivity index (χ0) is 10.8. The fraction of sp³-hybridized carbons (Fsp3) is 0. The first-order valence-corrected chi connectivity index (χ1v) is 6.35. The van der Waals surface area contributed by atoms with E-state index in [0.29, 0.717) is 5.75 Å². The lowest BCUT2D eigenvalue weighted by Gasteiger charge is -2.04. The summed E-state index contributed by atoms with van der Waals surface area (Å²) in [6.45, 7) is 0. The van der Waals surface area contributed by atoms with Crippen molar-refractivity contribution in [2.45, 2.75) is 0 Å². The molecule has 3 nitrogen and oxygen atoms in total. The second-order valence-electron chi connectivity index (χ2n) is 2.91. The maximum atomic E-state index is 10.5. The van der Waals surface area contributed by atoms with Gasteiger partial charge in [0.25, 0.3) is 11.0 Å². The van der Waals surface area contributed by atoms with Gasteiger partial charge in [-0.3, -0.25) is 0 Å². The summed E-state index contributed by atoms with van der Waals surface area (Å²) in [6, 6.07) is 11.0. The summed E-state index contributed by atoms with van der Waals surface area (Å²) in [5.74, 6) is 0.377. The van der Waals surface area contributed by atoms with Crippen molar-refractivity contribution < 1.29 is 12.6 Å². The SMILES string of the molecule is O=[SH](=O)Oc1cccc2c(I)cccc12. The Balaban J connectivity index is 2.71. The summed E-state index contributed by atoms with van der Waals surface area (Å²) in [5, 5.41) is 1.80. The molecule has 0 aliphatic heterocycles. The minimum absolute atomic E-state index is 0.377. The Hall–Kier alpha value is -0.820. The Labute approximate surface area is 102 Å². The third-order valence-electron chi connectivity index (χ3n) is 2.00. The van der Waals surface area contributed by atoms with E-state index >= 15 is 0 Å². The van der Waals surface area contributed by atoms with Gasteiger partial charge in [0.1, 0.15) is 5.75 Å². The quantitative estimate of drug-likeness (QED) is 0.677. The van der Waals surface area contributed by atoms with Crippen molar-refractivity contribution >= 4 is 44.3 Å². The van der Waals surface area contributed by atoms with Gasteiger partial charge in [-0.25, -0.2) is 0 Å². The first-order chi connectivity index (χ1) is 7.18. The van der Waals surface area contributed by atoms with Crippen LogP contribution in [0.2, 0.25) is 0 Å². The predicted molar refractivity (Wildman–Crippen MR) is 67.6 cm³/mol. The van der Waals surface area contributed by atoms with Gasteiger partial charge < -0.3 is 4.18 Å². The highest BCUT2D eigenvalue weighted by Crippen LogP contribution is 2.28. The van der Waals surface area contributed by atoms with Crippen LogP contribution >= 0.6 is 22.6 Å². The lowest BCUT2D eigenvalue weighted by Crippen LogP contribution is -1.91. The fourth-order valence-electron chi connectivity index (χ4n) is 1.40. The summed E-state index contributed by atoms with van der Waals surface area (Å²) >= 11 is 2.20. The van der Waals surface area contributed by atoms with Gasteiger partial charge in [0.05, 0.1) is 0 Å². The largest absolute Gasteiger partial charge is 0.384 e. The number of benzene rings is 2. The van der Waals surface area contributed by atoms with Crippen molar-refractivity contribution in [3.8, 4) is 5.75 Å². The molecule has 0 atom stereocenters. The summed E-state index contributed by atoms with van der Waals surface area (Å²) in [4.78, 5) is 0. The molecule has 15 heavy (non-hydrogen) atoms. The van der Waals surface area contributed by atoms with Gasteiger partial charge in [0.2, 0.25) is 0 Å². The van der Waals surface area contributed by atoms with Gasteiger partial charge >= 0.3 is 0 Å². The highest BCUT2D eigenvalue weighted by molar-refractivity contribution is 14.1. The molecule has 0 aliphatic rings. The van der Waals surface area contributed by atoms with Gasteiger partial charge in [-0.1, -0.05) is 24.3 Å². The van der Waals surface area contributed by atoms with E-state index in [9.17, 15) is 8.42 Å². The molecule has 0 aliphatic carbocycles. The minimum Gasteiger partial charge on any atom is -0.384 e. The smallest absolute Gasteiger partial charge is 0.299 e. The molecule has 2 aromatic carbocycles. The molecule has 0 saturated heterocycles. The molecule has 0 unspecified atom stereocenters. The molecule has 0 bridgehead atoms. The highest BCUT2D eigenvalue weighted by atomic mass is 127. The van der Waals surface area contributed by atoms with Crippen molar-refractivity contribution in [2.24, 2.45) is 0 Å². The molecule has 2 rings (SSSR count). The van der Waals surface area contributed by atoms with E-state index in [0.717, 1.165) is 14.3 Å². The van der Waals surface area contributed by atoms with E-state index in [-0.39, 0.29) is 0 Å². The van der Waals surface area contributed by atoms with Crippen LogP contribution in [0.4, 0.5) is 0 Å². The summed E-state index contributed by atoms with van der Waals surface area (Å²) in [7, 11) is -2.86. The Kier molecular flexibility index (Phi) is 3.11. The van der Waals surface area contributed by atoms with Crippen LogP contribution in [0.25, 0.3) is 10.8 Å². The third kappa shape index (κ3) is 2.23.